The number of piperidine rings is 1. The van der Waals surface area contributed by atoms with Crippen LogP contribution in [0.3, 0.4) is 0 Å². The maximum Gasteiger partial charge on any atom is 0.162 e. The Morgan fingerprint density at radius 1 is 1.23 bits per heavy atom. The number of carbonyl (C=O) groups excluding carboxylic acids is 1. The van der Waals surface area contributed by atoms with E-state index < -0.39 is 0 Å². The van der Waals surface area contributed by atoms with Gasteiger partial charge in [0.15, 0.2) is 17.3 Å². The van der Waals surface area contributed by atoms with Crippen LogP contribution in [0.25, 0.3) is 10.9 Å². The van der Waals surface area contributed by atoms with Gasteiger partial charge in [0.25, 0.3) is 0 Å². The number of fused-ring (bicyclic) bond motifs is 1. The highest BCUT2D eigenvalue weighted by Crippen LogP contribution is 2.38. The first-order chi connectivity index (χ1) is 12.6. The second kappa shape index (κ2) is 7.00. The van der Waals surface area contributed by atoms with Crippen LogP contribution in [-0.4, -0.2) is 41.0 Å². The number of nitrogens with one attached hydrogen (secondary N) is 1. The number of rotatable bonds is 3. The molecule has 138 valence electrons. The molecule has 1 aromatic heterocycles. The van der Waals surface area contributed by atoms with E-state index in [1.165, 1.54) is 6.33 Å². The van der Waals surface area contributed by atoms with Crippen LogP contribution < -0.4 is 14.8 Å². The molecule has 0 unspecified atom stereocenters. The van der Waals surface area contributed by atoms with Crippen LogP contribution in [0.2, 0.25) is 5.15 Å². The average Bonchev–Trinajstić information content (AvgIpc) is 2.66. The third-order valence-electron chi connectivity index (χ3n) is 5.53. The van der Waals surface area contributed by atoms with Gasteiger partial charge < -0.3 is 14.8 Å². The van der Waals surface area contributed by atoms with Gasteiger partial charge in [-0.05, 0) is 44.7 Å². The number of nitrogens with zero attached hydrogens (tertiary/aromatic N) is 2. The standard InChI is InChI=1S/C19H22ClN3O3/c1-25-15-10-14-13(18(20)22-11-21-14)9-16(15)26-12-4-6-19(7-5-12)17(24)3-2-8-23-19/h9-12,23H,2-8H2,1H3/t12-,19-. The molecule has 0 amide bonds. The highest BCUT2D eigenvalue weighted by molar-refractivity contribution is 6.34. The highest BCUT2D eigenvalue weighted by Gasteiger charge is 2.42. The molecular weight excluding hydrogens is 354 g/mol. The lowest BCUT2D eigenvalue weighted by molar-refractivity contribution is -0.129. The lowest BCUT2D eigenvalue weighted by Gasteiger charge is -2.42. The van der Waals surface area contributed by atoms with Gasteiger partial charge >= 0.3 is 0 Å². The van der Waals surface area contributed by atoms with Gasteiger partial charge in [-0.3, -0.25) is 4.79 Å². The van der Waals surface area contributed by atoms with Crippen molar-refractivity contribution < 1.29 is 14.3 Å². The van der Waals surface area contributed by atoms with Crippen molar-refractivity contribution in [2.75, 3.05) is 13.7 Å². The summed E-state index contributed by atoms with van der Waals surface area (Å²) >= 11 is 6.19. The van der Waals surface area contributed by atoms with E-state index in [9.17, 15) is 4.79 Å². The predicted molar refractivity (Wildman–Crippen MR) is 99.0 cm³/mol. The van der Waals surface area contributed by atoms with Crippen LogP contribution in [0.4, 0.5) is 0 Å². The molecule has 0 bridgehead atoms. The number of ether oxygens (including phenoxy) is 2. The summed E-state index contributed by atoms with van der Waals surface area (Å²) in [4.78, 5) is 20.6. The molecule has 6 nitrogen and oxygen atoms in total. The molecule has 1 saturated heterocycles. The summed E-state index contributed by atoms with van der Waals surface area (Å²) in [6, 6.07) is 3.65. The number of ketones is 1. The Labute approximate surface area is 157 Å². The maximum atomic E-state index is 12.4. The molecule has 4 rings (SSSR count). The third kappa shape index (κ3) is 3.12. The van der Waals surface area contributed by atoms with E-state index in [1.807, 2.05) is 12.1 Å². The van der Waals surface area contributed by atoms with Crippen molar-refractivity contribution >= 4 is 28.3 Å². The minimum absolute atomic E-state index is 0.0481. The van der Waals surface area contributed by atoms with E-state index in [0.29, 0.717) is 34.4 Å². The molecule has 0 radical (unpaired) electrons. The summed E-state index contributed by atoms with van der Waals surface area (Å²) in [5, 5.41) is 4.59. The number of Topliss-reactive ketones (excluding diaryl/α,β-unsaturated/α-hetero) is 1. The van der Waals surface area contributed by atoms with Gasteiger partial charge in [-0.2, -0.15) is 0 Å². The monoisotopic (exact) mass is 375 g/mol. The van der Waals surface area contributed by atoms with E-state index in [-0.39, 0.29) is 11.6 Å². The first-order valence-electron chi connectivity index (χ1n) is 9.04. The molecule has 2 heterocycles. The second-order valence-corrected chi connectivity index (χ2v) is 7.40. The maximum absolute atomic E-state index is 12.4. The normalized spacial score (nSPS) is 26.2. The number of hydrogen-bond acceptors (Lipinski definition) is 6. The van der Waals surface area contributed by atoms with Crippen molar-refractivity contribution in [3.05, 3.63) is 23.6 Å². The predicted octanol–water partition coefficient (Wildman–Crippen LogP) is 3.30. The minimum Gasteiger partial charge on any atom is -0.493 e. The summed E-state index contributed by atoms with van der Waals surface area (Å²) in [5.41, 5.74) is 0.386. The van der Waals surface area contributed by atoms with Gasteiger partial charge in [0, 0.05) is 17.9 Å². The number of aromatic nitrogens is 2. The van der Waals surface area contributed by atoms with E-state index in [0.717, 1.165) is 44.0 Å². The molecule has 1 aliphatic heterocycles. The van der Waals surface area contributed by atoms with Crippen LogP contribution in [0.5, 0.6) is 11.5 Å². The number of methoxy groups -OCH3 is 1. The first kappa shape index (κ1) is 17.5. The Bertz CT molecular complexity index is 834. The first-order valence-corrected chi connectivity index (χ1v) is 9.42. The Morgan fingerprint density at radius 2 is 2.04 bits per heavy atom. The van der Waals surface area contributed by atoms with Crippen molar-refractivity contribution in [3.8, 4) is 11.5 Å². The Morgan fingerprint density at radius 3 is 2.77 bits per heavy atom. The van der Waals surface area contributed by atoms with Gasteiger partial charge in [-0.1, -0.05) is 11.6 Å². The van der Waals surface area contributed by atoms with Crippen LogP contribution in [-0.2, 0) is 4.79 Å². The summed E-state index contributed by atoms with van der Waals surface area (Å²) < 4.78 is 11.7. The zero-order valence-corrected chi connectivity index (χ0v) is 15.5. The topological polar surface area (TPSA) is 73.3 Å². The number of benzene rings is 1. The zero-order valence-electron chi connectivity index (χ0n) is 14.8. The van der Waals surface area contributed by atoms with Crippen LogP contribution >= 0.6 is 11.6 Å². The van der Waals surface area contributed by atoms with Gasteiger partial charge in [0.1, 0.15) is 11.5 Å². The second-order valence-electron chi connectivity index (χ2n) is 7.04. The molecule has 7 heteroatoms. The summed E-state index contributed by atoms with van der Waals surface area (Å²) in [6.45, 7) is 0.925. The fraction of sp³-hybridized carbons (Fsp3) is 0.526. The van der Waals surface area contributed by atoms with Gasteiger partial charge in [-0.15, -0.1) is 0 Å². The van der Waals surface area contributed by atoms with E-state index in [1.54, 1.807) is 7.11 Å². The van der Waals surface area contributed by atoms with Crippen LogP contribution in [0.1, 0.15) is 38.5 Å². The number of carbonyl (C=O) groups is 1. The number of hydrogen-bond donors (Lipinski definition) is 1. The lowest BCUT2D eigenvalue weighted by atomic mass is 9.74. The summed E-state index contributed by atoms with van der Waals surface area (Å²) in [7, 11) is 1.61. The molecule has 1 saturated carbocycles. The van der Waals surface area contributed by atoms with Crippen LogP contribution in [0.15, 0.2) is 18.5 Å². The Kier molecular flexibility index (Phi) is 4.71. The Hall–Kier alpha value is -1.92. The van der Waals surface area contributed by atoms with Gasteiger partial charge in [-0.25, -0.2) is 9.97 Å². The fourth-order valence-electron chi connectivity index (χ4n) is 4.04. The molecule has 1 aliphatic carbocycles. The quantitative estimate of drug-likeness (QED) is 0.830. The van der Waals surface area contributed by atoms with E-state index in [2.05, 4.69) is 15.3 Å². The smallest absolute Gasteiger partial charge is 0.162 e. The summed E-state index contributed by atoms with van der Waals surface area (Å²) in [6.07, 6.45) is 6.41. The molecule has 1 spiro atoms. The van der Waals surface area contributed by atoms with Crippen molar-refractivity contribution in [1.29, 1.82) is 0 Å². The molecule has 0 atom stereocenters. The summed E-state index contributed by atoms with van der Waals surface area (Å²) in [5.74, 6) is 1.62. The minimum atomic E-state index is -0.331. The molecule has 2 aromatic rings. The number of halogens is 1. The van der Waals surface area contributed by atoms with Crippen LogP contribution in [0, 0.1) is 0 Å². The Balaban J connectivity index is 1.53. The molecular formula is C19H22ClN3O3. The molecule has 1 aromatic carbocycles. The third-order valence-corrected chi connectivity index (χ3v) is 5.83. The largest absolute Gasteiger partial charge is 0.493 e. The molecule has 26 heavy (non-hydrogen) atoms. The lowest BCUT2D eigenvalue weighted by Crippen LogP contribution is -2.58. The van der Waals surface area contributed by atoms with Gasteiger partial charge in [0.05, 0.1) is 24.3 Å². The van der Waals surface area contributed by atoms with Crippen molar-refractivity contribution in [2.45, 2.75) is 50.2 Å². The molecule has 2 aliphatic rings. The van der Waals surface area contributed by atoms with Crippen molar-refractivity contribution in [3.63, 3.8) is 0 Å². The fourth-order valence-corrected chi connectivity index (χ4v) is 4.23. The zero-order chi connectivity index (χ0) is 18.1. The van der Waals surface area contributed by atoms with E-state index in [4.69, 9.17) is 21.1 Å². The SMILES string of the molecule is COc1cc2ncnc(Cl)c2cc1O[C@H]1CC[C@@]2(CC1)NCCCC2=O. The molecule has 2 fully saturated rings. The van der Waals surface area contributed by atoms with E-state index >= 15 is 0 Å². The van der Waals surface area contributed by atoms with Crippen molar-refractivity contribution in [2.24, 2.45) is 0 Å². The molecule has 1 N–H and O–H groups in total. The van der Waals surface area contributed by atoms with Crippen molar-refractivity contribution in [1.82, 2.24) is 15.3 Å². The average molecular weight is 376 g/mol. The highest BCUT2D eigenvalue weighted by atomic mass is 35.5. The van der Waals surface area contributed by atoms with Gasteiger partial charge in [0.2, 0.25) is 0 Å².